The monoisotopic (exact) mass is 348 g/mol. The number of amides is 3. The van der Waals surface area contributed by atoms with Gasteiger partial charge in [0.2, 0.25) is 0 Å². The Morgan fingerprint density at radius 2 is 1.96 bits per heavy atom. The fourth-order valence-corrected chi connectivity index (χ4v) is 3.92. The normalized spacial score (nSPS) is 24.0. The van der Waals surface area contributed by atoms with Crippen LogP contribution in [0, 0.1) is 23.6 Å². The number of halogens is 1. The van der Waals surface area contributed by atoms with Crippen LogP contribution >= 0.6 is 0 Å². The first-order valence-electron chi connectivity index (χ1n) is 8.52. The number of nitrogens with one attached hydrogen (secondary N) is 2. The van der Waals surface area contributed by atoms with E-state index in [4.69, 9.17) is 4.74 Å². The third-order valence-corrected chi connectivity index (χ3v) is 5.05. The molecule has 6 nitrogen and oxygen atoms in total. The lowest BCUT2D eigenvalue weighted by Crippen LogP contribution is -2.37. The minimum Gasteiger partial charge on any atom is -0.456 e. The van der Waals surface area contributed by atoms with Gasteiger partial charge in [-0.25, -0.2) is 9.18 Å². The number of anilines is 1. The van der Waals surface area contributed by atoms with E-state index in [-0.39, 0.29) is 5.69 Å². The van der Waals surface area contributed by atoms with E-state index in [1.807, 2.05) is 5.32 Å². The molecule has 25 heavy (non-hydrogen) atoms. The zero-order chi connectivity index (χ0) is 17.8. The zero-order valence-corrected chi connectivity index (χ0v) is 13.8. The van der Waals surface area contributed by atoms with Gasteiger partial charge < -0.3 is 10.1 Å². The number of urea groups is 1. The maximum absolute atomic E-state index is 13.4. The van der Waals surface area contributed by atoms with E-state index in [1.54, 1.807) is 6.07 Å². The molecule has 0 radical (unpaired) electrons. The number of benzene rings is 1. The summed E-state index contributed by atoms with van der Waals surface area (Å²) in [4.78, 5) is 35.1. The molecular weight excluding hydrogens is 327 g/mol. The van der Waals surface area contributed by atoms with Crippen LogP contribution in [0.15, 0.2) is 24.3 Å². The molecule has 1 aromatic carbocycles. The van der Waals surface area contributed by atoms with E-state index in [2.05, 4.69) is 5.32 Å². The number of fused-ring (bicyclic) bond motifs is 2. The Hall–Kier alpha value is -2.44. The molecule has 2 fully saturated rings. The van der Waals surface area contributed by atoms with Crippen molar-refractivity contribution in [3.8, 4) is 0 Å². The van der Waals surface area contributed by atoms with Gasteiger partial charge in [0.25, 0.3) is 5.91 Å². The lowest BCUT2D eigenvalue weighted by Gasteiger charge is -2.20. The summed E-state index contributed by atoms with van der Waals surface area (Å²) in [6.07, 6.45) is 5.04. The molecule has 2 aliphatic rings. The number of para-hydroxylation sites is 1. The summed E-state index contributed by atoms with van der Waals surface area (Å²) in [6.45, 7) is -0.523. The van der Waals surface area contributed by atoms with Gasteiger partial charge in [-0.05, 0) is 49.1 Å². The van der Waals surface area contributed by atoms with Crippen molar-refractivity contribution in [2.24, 2.45) is 17.8 Å². The summed E-state index contributed by atoms with van der Waals surface area (Å²) in [5.74, 6) is -0.0653. The van der Waals surface area contributed by atoms with Crippen LogP contribution in [0.25, 0.3) is 0 Å². The van der Waals surface area contributed by atoms with E-state index in [1.165, 1.54) is 37.5 Å². The average molecular weight is 348 g/mol. The molecule has 0 heterocycles. The maximum atomic E-state index is 13.4. The zero-order valence-electron chi connectivity index (χ0n) is 13.8. The topological polar surface area (TPSA) is 84.5 Å². The second-order valence-corrected chi connectivity index (χ2v) is 6.78. The highest BCUT2D eigenvalue weighted by atomic mass is 19.1. The Kier molecular flexibility index (Phi) is 5.31. The highest BCUT2D eigenvalue weighted by molar-refractivity contribution is 6.01. The number of imide groups is 1. The van der Waals surface area contributed by atoms with Crippen molar-refractivity contribution in [3.63, 3.8) is 0 Å². The van der Waals surface area contributed by atoms with Crippen molar-refractivity contribution in [3.05, 3.63) is 30.1 Å². The van der Waals surface area contributed by atoms with Gasteiger partial charge >= 0.3 is 12.0 Å². The number of ether oxygens (including phenoxy) is 1. The first kappa shape index (κ1) is 17.4. The molecule has 2 bridgehead atoms. The van der Waals surface area contributed by atoms with Crippen LogP contribution in [0.3, 0.4) is 0 Å². The van der Waals surface area contributed by atoms with E-state index in [0.717, 1.165) is 12.3 Å². The molecule has 2 N–H and O–H groups in total. The first-order chi connectivity index (χ1) is 12.0. The molecule has 2 saturated carbocycles. The summed E-state index contributed by atoms with van der Waals surface area (Å²) in [5.41, 5.74) is -0.0407. The van der Waals surface area contributed by atoms with Gasteiger partial charge in [-0.15, -0.1) is 0 Å². The number of hydrogen-bond acceptors (Lipinski definition) is 4. The van der Waals surface area contributed by atoms with Crippen molar-refractivity contribution >= 4 is 23.6 Å². The fraction of sp³-hybridized carbons (Fsp3) is 0.500. The minimum atomic E-state index is -0.876. The molecule has 7 heteroatoms. The third kappa shape index (κ3) is 4.55. The summed E-state index contributed by atoms with van der Waals surface area (Å²) >= 11 is 0. The number of carbonyl (C=O) groups excluding carboxylic acids is 3. The molecule has 134 valence electrons. The quantitative estimate of drug-likeness (QED) is 0.802. The predicted molar refractivity (Wildman–Crippen MR) is 88.1 cm³/mol. The number of esters is 1. The van der Waals surface area contributed by atoms with Crippen molar-refractivity contribution < 1.29 is 23.5 Å². The summed E-state index contributed by atoms with van der Waals surface area (Å²) in [7, 11) is 0. The molecule has 2 aliphatic carbocycles. The molecule has 0 aromatic heterocycles. The maximum Gasteiger partial charge on any atom is 0.326 e. The first-order valence-corrected chi connectivity index (χ1v) is 8.52. The van der Waals surface area contributed by atoms with Crippen molar-refractivity contribution in [2.75, 3.05) is 11.9 Å². The van der Waals surface area contributed by atoms with Gasteiger partial charge in [-0.1, -0.05) is 18.6 Å². The Labute approximate surface area is 145 Å². The smallest absolute Gasteiger partial charge is 0.326 e. The second kappa shape index (κ2) is 7.63. The van der Waals surface area contributed by atoms with E-state index in [0.29, 0.717) is 18.3 Å². The van der Waals surface area contributed by atoms with Crippen LogP contribution in [0.5, 0.6) is 0 Å². The highest BCUT2D eigenvalue weighted by Crippen LogP contribution is 2.49. The Morgan fingerprint density at radius 1 is 1.16 bits per heavy atom. The summed E-state index contributed by atoms with van der Waals surface area (Å²) in [6, 6.07) is 4.72. The van der Waals surface area contributed by atoms with Gasteiger partial charge in [0.05, 0.1) is 5.69 Å². The largest absolute Gasteiger partial charge is 0.456 e. The van der Waals surface area contributed by atoms with Gasteiger partial charge in [0.1, 0.15) is 5.82 Å². The van der Waals surface area contributed by atoms with Crippen LogP contribution in [-0.4, -0.2) is 24.5 Å². The van der Waals surface area contributed by atoms with Gasteiger partial charge in [-0.3, -0.25) is 14.9 Å². The number of carbonyl (C=O) groups is 3. The van der Waals surface area contributed by atoms with Gasteiger partial charge in [0.15, 0.2) is 6.61 Å². The fourth-order valence-electron chi connectivity index (χ4n) is 3.92. The summed E-state index contributed by atoms with van der Waals surface area (Å²) < 4.78 is 18.3. The van der Waals surface area contributed by atoms with E-state index < -0.39 is 30.3 Å². The molecular formula is C18H21FN2O4. The average Bonchev–Trinajstić information content (AvgIpc) is 3.18. The second-order valence-electron chi connectivity index (χ2n) is 6.78. The SMILES string of the molecule is O=C(COC(=O)CC1CC2CCC1C2)NC(=O)Nc1ccccc1F. The van der Waals surface area contributed by atoms with Crippen LogP contribution in [0.4, 0.5) is 14.9 Å². The van der Waals surface area contributed by atoms with Crippen LogP contribution in [0.1, 0.15) is 32.1 Å². The number of hydrogen-bond donors (Lipinski definition) is 2. The Morgan fingerprint density at radius 3 is 2.64 bits per heavy atom. The highest BCUT2D eigenvalue weighted by Gasteiger charge is 2.40. The van der Waals surface area contributed by atoms with Crippen molar-refractivity contribution in [1.29, 1.82) is 0 Å². The molecule has 1 aromatic rings. The minimum absolute atomic E-state index is 0.0407. The van der Waals surface area contributed by atoms with E-state index >= 15 is 0 Å². The standard InChI is InChI=1S/C18H21FN2O4/c19-14-3-1-2-4-15(14)20-18(24)21-16(22)10-25-17(23)9-13-8-11-5-6-12(13)7-11/h1-4,11-13H,5-10H2,(H2,20,21,22,24). The van der Waals surface area contributed by atoms with Crippen molar-refractivity contribution in [1.82, 2.24) is 5.32 Å². The molecule has 3 unspecified atom stereocenters. The van der Waals surface area contributed by atoms with E-state index in [9.17, 15) is 18.8 Å². The molecule has 3 atom stereocenters. The number of rotatable bonds is 5. The van der Waals surface area contributed by atoms with Crippen molar-refractivity contribution in [2.45, 2.75) is 32.1 Å². The Balaban J connectivity index is 1.37. The lowest BCUT2D eigenvalue weighted by atomic mass is 9.86. The van der Waals surface area contributed by atoms with Crippen LogP contribution in [-0.2, 0) is 14.3 Å². The van der Waals surface area contributed by atoms with Gasteiger partial charge in [0, 0.05) is 6.42 Å². The molecule has 3 amide bonds. The predicted octanol–water partition coefficient (Wildman–Crippen LogP) is 2.84. The van der Waals surface area contributed by atoms with Gasteiger partial charge in [-0.2, -0.15) is 0 Å². The summed E-state index contributed by atoms with van der Waals surface area (Å²) in [5, 5.41) is 4.22. The lowest BCUT2D eigenvalue weighted by molar-refractivity contribution is -0.149. The molecule has 0 spiro atoms. The molecule has 0 saturated heterocycles. The molecule has 3 rings (SSSR count). The molecule has 0 aliphatic heterocycles. The van der Waals surface area contributed by atoms with Crippen LogP contribution in [0.2, 0.25) is 0 Å². The third-order valence-electron chi connectivity index (χ3n) is 5.05. The van der Waals surface area contributed by atoms with Crippen LogP contribution < -0.4 is 10.6 Å². The Bertz CT molecular complexity index is 679.